The van der Waals surface area contributed by atoms with Gasteiger partial charge in [0.15, 0.2) is 0 Å². The minimum atomic E-state index is -0.313. The van der Waals surface area contributed by atoms with Crippen molar-refractivity contribution in [2.75, 3.05) is 0 Å². The third kappa shape index (κ3) is 4.09. The fourth-order valence-electron chi connectivity index (χ4n) is 6.93. The molecule has 2 aromatic carbocycles. The summed E-state index contributed by atoms with van der Waals surface area (Å²) in [6.45, 7) is 4.39. The molecule has 2 aromatic rings. The van der Waals surface area contributed by atoms with Gasteiger partial charge in [-0.3, -0.25) is 4.79 Å². The van der Waals surface area contributed by atoms with E-state index in [4.69, 9.17) is 9.47 Å². The van der Waals surface area contributed by atoms with E-state index < -0.39 is 0 Å². The Kier molecular flexibility index (Phi) is 6.03. The molecule has 2 fully saturated rings. The van der Waals surface area contributed by atoms with Crippen molar-refractivity contribution in [3.63, 3.8) is 0 Å². The van der Waals surface area contributed by atoms with Crippen LogP contribution in [0.15, 0.2) is 48.5 Å². The molecule has 0 radical (unpaired) electrons. The third-order valence-electron chi connectivity index (χ3n) is 8.56. The van der Waals surface area contributed by atoms with Crippen molar-refractivity contribution in [1.29, 1.82) is 0 Å². The van der Waals surface area contributed by atoms with E-state index in [1.165, 1.54) is 11.1 Å². The summed E-state index contributed by atoms with van der Waals surface area (Å²) in [4.78, 5) is 24.7. The number of fused-ring (bicyclic) bond motifs is 5. The molecule has 5 rings (SSSR count). The second-order valence-corrected chi connectivity index (χ2v) is 10.4. The molecule has 3 aliphatic carbocycles. The van der Waals surface area contributed by atoms with Crippen molar-refractivity contribution in [2.24, 2.45) is 17.3 Å². The predicted octanol–water partition coefficient (Wildman–Crippen LogP) is 6.47. The maximum atomic E-state index is 12.5. The lowest BCUT2D eigenvalue weighted by Crippen LogP contribution is -2.45. The Morgan fingerprint density at radius 2 is 1.85 bits per heavy atom. The van der Waals surface area contributed by atoms with Gasteiger partial charge in [0.2, 0.25) is 0 Å². The highest BCUT2D eigenvalue weighted by Gasteiger charge is 2.56. The van der Waals surface area contributed by atoms with Gasteiger partial charge in [-0.05, 0) is 98.1 Å². The van der Waals surface area contributed by atoms with E-state index in [0.29, 0.717) is 35.5 Å². The number of carbonyl (C=O) groups is 2. The first-order chi connectivity index (χ1) is 16.0. The van der Waals surface area contributed by atoms with Crippen molar-refractivity contribution in [2.45, 2.75) is 77.2 Å². The van der Waals surface area contributed by atoms with E-state index in [2.05, 4.69) is 19.1 Å². The van der Waals surface area contributed by atoms with Crippen molar-refractivity contribution in [3.05, 3.63) is 65.2 Å². The van der Waals surface area contributed by atoms with Gasteiger partial charge in [-0.2, -0.15) is 0 Å². The Morgan fingerprint density at radius 3 is 2.64 bits per heavy atom. The predicted molar refractivity (Wildman–Crippen MR) is 127 cm³/mol. The summed E-state index contributed by atoms with van der Waals surface area (Å²) in [5, 5.41) is 0. The van der Waals surface area contributed by atoms with Crippen LogP contribution in [0.1, 0.15) is 86.2 Å². The highest BCUT2D eigenvalue weighted by Crippen LogP contribution is 2.61. The van der Waals surface area contributed by atoms with Crippen molar-refractivity contribution in [1.82, 2.24) is 0 Å². The Hall–Kier alpha value is -2.62. The molecule has 5 atom stereocenters. The van der Waals surface area contributed by atoms with Crippen LogP contribution >= 0.6 is 0 Å². The lowest BCUT2D eigenvalue weighted by molar-refractivity contribution is -0.157. The summed E-state index contributed by atoms with van der Waals surface area (Å²) in [7, 11) is 0. The second kappa shape index (κ2) is 8.96. The molecular weight excluding hydrogens is 412 g/mol. The molecule has 0 spiro atoms. The Balaban J connectivity index is 1.31. The van der Waals surface area contributed by atoms with Gasteiger partial charge in [-0.15, -0.1) is 0 Å². The van der Waals surface area contributed by atoms with Crippen LogP contribution in [-0.4, -0.2) is 18.0 Å². The molecule has 0 unspecified atom stereocenters. The quantitative estimate of drug-likeness (QED) is 0.390. The molecule has 3 aliphatic rings. The van der Waals surface area contributed by atoms with Crippen LogP contribution in [0, 0.1) is 17.3 Å². The average molecular weight is 447 g/mol. The normalized spacial score (nSPS) is 30.0. The molecular formula is C29H34O4. The molecule has 4 heteroatoms. The fraction of sp³-hybridized carbons (Fsp3) is 0.517. The van der Waals surface area contributed by atoms with Crippen molar-refractivity contribution < 1.29 is 19.1 Å². The third-order valence-corrected chi connectivity index (χ3v) is 8.56. The minimum Gasteiger partial charge on any atom is -0.462 e. The number of rotatable bonds is 5. The Bertz CT molecular complexity index is 1030. The van der Waals surface area contributed by atoms with Crippen molar-refractivity contribution in [3.8, 4) is 5.75 Å². The number of benzene rings is 2. The SMILES string of the molecule is CCCC(=O)O[C@H]1CC[C@H]2[C@@H]3CCc4cc(OC(=O)c5ccccc5)ccc4[C@H]3CC[C@]12C. The van der Waals surface area contributed by atoms with Crippen LogP contribution in [0.25, 0.3) is 0 Å². The van der Waals surface area contributed by atoms with Gasteiger partial charge in [0.25, 0.3) is 0 Å². The molecule has 174 valence electrons. The lowest BCUT2D eigenvalue weighted by Gasteiger charge is -2.50. The monoisotopic (exact) mass is 446 g/mol. The van der Waals surface area contributed by atoms with E-state index in [1.807, 2.05) is 31.2 Å². The van der Waals surface area contributed by atoms with Crippen molar-refractivity contribution >= 4 is 11.9 Å². The minimum absolute atomic E-state index is 0.0296. The highest BCUT2D eigenvalue weighted by molar-refractivity contribution is 5.91. The van der Waals surface area contributed by atoms with Crippen LogP contribution in [0.3, 0.4) is 0 Å². The summed E-state index contributed by atoms with van der Waals surface area (Å²) >= 11 is 0. The maximum Gasteiger partial charge on any atom is 0.343 e. The van der Waals surface area contributed by atoms with Gasteiger partial charge < -0.3 is 9.47 Å². The molecule has 0 aromatic heterocycles. The molecule has 0 heterocycles. The van der Waals surface area contributed by atoms with Crippen LogP contribution in [0.4, 0.5) is 0 Å². The Morgan fingerprint density at radius 1 is 1.03 bits per heavy atom. The van der Waals surface area contributed by atoms with Gasteiger partial charge in [0.05, 0.1) is 5.56 Å². The number of carbonyl (C=O) groups excluding carboxylic acids is 2. The molecule has 2 saturated carbocycles. The fourth-order valence-corrected chi connectivity index (χ4v) is 6.93. The zero-order chi connectivity index (χ0) is 23.0. The summed E-state index contributed by atoms with van der Waals surface area (Å²) < 4.78 is 11.6. The van der Waals surface area contributed by atoms with E-state index >= 15 is 0 Å². The first kappa shape index (κ1) is 22.2. The summed E-state index contributed by atoms with van der Waals surface area (Å²) in [6.07, 6.45) is 8.00. The van der Waals surface area contributed by atoms with Gasteiger partial charge in [-0.1, -0.05) is 38.1 Å². The van der Waals surface area contributed by atoms with E-state index in [-0.39, 0.29) is 23.5 Å². The zero-order valence-electron chi connectivity index (χ0n) is 19.7. The first-order valence-electron chi connectivity index (χ1n) is 12.6. The van der Waals surface area contributed by atoms with Gasteiger partial charge in [0, 0.05) is 11.8 Å². The molecule has 0 bridgehead atoms. The largest absolute Gasteiger partial charge is 0.462 e. The summed E-state index contributed by atoms with van der Waals surface area (Å²) in [6, 6.07) is 15.4. The highest BCUT2D eigenvalue weighted by atomic mass is 16.5. The number of hydrogen-bond acceptors (Lipinski definition) is 4. The zero-order valence-corrected chi connectivity index (χ0v) is 19.7. The molecule has 33 heavy (non-hydrogen) atoms. The molecule has 0 aliphatic heterocycles. The number of hydrogen-bond donors (Lipinski definition) is 0. The van der Waals surface area contributed by atoms with Crippen LogP contribution in [0.5, 0.6) is 5.75 Å². The second-order valence-electron chi connectivity index (χ2n) is 10.4. The van der Waals surface area contributed by atoms with E-state index in [1.54, 1.807) is 12.1 Å². The number of aryl methyl sites for hydroxylation is 1. The van der Waals surface area contributed by atoms with Crippen LogP contribution < -0.4 is 4.74 Å². The van der Waals surface area contributed by atoms with Crippen LogP contribution in [-0.2, 0) is 16.0 Å². The Labute approximate surface area is 196 Å². The molecule has 4 nitrogen and oxygen atoms in total. The van der Waals surface area contributed by atoms with Gasteiger partial charge in [-0.25, -0.2) is 4.79 Å². The summed E-state index contributed by atoms with van der Waals surface area (Å²) in [5.41, 5.74) is 3.42. The standard InChI is InChI=1S/C29H34O4/c1-3-7-27(30)33-26-15-14-25-24-12-10-20-18-21(32-28(31)19-8-5-4-6-9-19)11-13-22(20)23(24)16-17-29(25,26)2/h4-6,8-9,11,13,18,23-26H,3,7,10,12,14-17H2,1-2H3/t23-,24-,25+,26+,29+/m1/s1. The van der Waals surface area contributed by atoms with E-state index in [9.17, 15) is 9.59 Å². The summed E-state index contributed by atoms with van der Waals surface area (Å²) in [5.74, 6) is 2.09. The smallest absolute Gasteiger partial charge is 0.343 e. The van der Waals surface area contributed by atoms with Crippen LogP contribution in [0.2, 0.25) is 0 Å². The van der Waals surface area contributed by atoms with E-state index in [0.717, 1.165) is 44.9 Å². The maximum absolute atomic E-state index is 12.5. The molecule has 0 amide bonds. The van der Waals surface area contributed by atoms with Gasteiger partial charge in [0.1, 0.15) is 11.9 Å². The first-order valence-corrected chi connectivity index (χ1v) is 12.6. The number of esters is 2. The van der Waals surface area contributed by atoms with Gasteiger partial charge >= 0.3 is 11.9 Å². The average Bonchev–Trinajstić information content (AvgIpc) is 3.15. The number of ether oxygens (including phenoxy) is 2. The molecule has 0 saturated heterocycles. The lowest BCUT2D eigenvalue weighted by atomic mass is 9.55. The molecule has 0 N–H and O–H groups in total. The topological polar surface area (TPSA) is 52.6 Å².